The summed E-state index contributed by atoms with van der Waals surface area (Å²) in [5.74, 6) is 0.683. The van der Waals surface area contributed by atoms with Crippen LogP contribution in [0, 0.1) is 6.92 Å². The molecule has 1 aromatic heterocycles. The molecular weight excluding hydrogens is 330 g/mol. The molecule has 4 rings (SSSR count). The van der Waals surface area contributed by atoms with Crippen LogP contribution in [0.3, 0.4) is 0 Å². The average molecular weight is 349 g/mol. The van der Waals surface area contributed by atoms with Gasteiger partial charge in [-0.3, -0.25) is 4.79 Å². The van der Waals surface area contributed by atoms with Crippen molar-refractivity contribution in [1.82, 2.24) is 14.7 Å². The molecule has 0 saturated carbocycles. The molecule has 0 radical (unpaired) electrons. The van der Waals surface area contributed by atoms with Gasteiger partial charge >= 0.3 is 0 Å². The summed E-state index contributed by atoms with van der Waals surface area (Å²) in [6.45, 7) is 2.08. The number of aromatic nitrogens is 2. The second-order valence-corrected chi connectivity index (χ2v) is 7.32. The predicted octanol–water partition coefficient (Wildman–Crippen LogP) is 4.05. The molecule has 2 heterocycles. The Morgan fingerprint density at radius 3 is 2.44 bits per heavy atom. The van der Waals surface area contributed by atoms with Crippen molar-refractivity contribution in [3.05, 3.63) is 71.9 Å². The van der Waals surface area contributed by atoms with Crippen LogP contribution >= 0.6 is 11.8 Å². The zero-order chi connectivity index (χ0) is 17.4. The summed E-state index contributed by atoms with van der Waals surface area (Å²) in [7, 11) is 1.87. The van der Waals surface area contributed by atoms with E-state index in [0.29, 0.717) is 5.75 Å². The van der Waals surface area contributed by atoms with E-state index in [9.17, 15) is 4.79 Å². The third-order valence-corrected chi connectivity index (χ3v) is 5.76. The summed E-state index contributed by atoms with van der Waals surface area (Å²) in [6, 6.07) is 18.4. The summed E-state index contributed by atoms with van der Waals surface area (Å²) in [5.41, 5.74) is 5.31. The highest BCUT2D eigenvalue weighted by Gasteiger charge is 2.33. The monoisotopic (exact) mass is 349 g/mol. The van der Waals surface area contributed by atoms with Gasteiger partial charge in [-0.25, -0.2) is 4.68 Å². The van der Waals surface area contributed by atoms with Gasteiger partial charge in [0.1, 0.15) is 5.37 Å². The maximum Gasteiger partial charge on any atom is 0.233 e. The van der Waals surface area contributed by atoms with Crippen LogP contribution in [0.1, 0.15) is 16.5 Å². The molecule has 25 heavy (non-hydrogen) atoms. The fourth-order valence-corrected chi connectivity index (χ4v) is 4.21. The molecule has 5 heteroatoms. The minimum Gasteiger partial charge on any atom is -0.329 e. The summed E-state index contributed by atoms with van der Waals surface area (Å²) in [5, 5.41) is 4.85. The average Bonchev–Trinajstić information content (AvgIpc) is 3.21. The lowest BCUT2D eigenvalue weighted by Gasteiger charge is -2.18. The van der Waals surface area contributed by atoms with Crippen molar-refractivity contribution in [3.8, 4) is 16.9 Å². The number of hydrogen-bond acceptors (Lipinski definition) is 3. The number of carbonyl (C=O) groups excluding carboxylic acids is 1. The predicted molar refractivity (Wildman–Crippen MR) is 102 cm³/mol. The second kappa shape index (κ2) is 6.41. The van der Waals surface area contributed by atoms with Crippen molar-refractivity contribution < 1.29 is 4.79 Å². The molecule has 3 aromatic rings. The van der Waals surface area contributed by atoms with Crippen molar-refractivity contribution in [3.63, 3.8) is 0 Å². The molecule has 1 atom stereocenters. The molecule has 0 spiro atoms. The van der Waals surface area contributed by atoms with Crippen LogP contribution in [0.2, 0.25) is 0 Å². The lowest BCUT2D eigenvalue weighted by atomic mass is 10.1. The van der Waals surface area contributed by atoms with E-state index in [4.69, 9.17) is 5.10 Å². The van der Waals surface area contributed by atoms with Gasteiger partial charge in [-0.05, 0) is 19.1 Å². The van der Waals surface area contributed by atoms with E-state index >= 15 is 0 Å². The molecule has 0 bridgehead atoms. The van der Waals surface area contributed by atoms with Crippen LogP contribution < -0.4 is 0 Å². The van der Waals surface area contributed by atoms with Gasteiger partial charge in [0.15, 0.2) is 0 Å². The van der Waals surface area contributed by atoms with Gasteiger partial charge in [0, 0.05) is 24.4 Å². The number of thioether (sulfide) groups is 1. The first kappa shape index (κ1) is 16.0. The Balaban J connectivity index is 1.84. The number of rotatable bonds is 3. The van der Waals surface area contributed by atoms with E-state index in [1.54, 1.807) is 11.8 Å². The van der Waals surface area contributed by atoms with E-state index in [1.807, 2.05) is 47.0 Å². The highest BCUT2D eigenvalue weighted by Crippen LogP contribution is 2.41. The topological polar surface area (TPSA) is 38.1 Å². The fraction of sp³-hybridized carbons (Fsp3) is 0.200. The van der Waals surface area contributed by atoms with E-state index < -0.39 is 0 Å². The maximum absolute atomic E-state index is 12.0. The summed E-state index contributed by atoms with van der Waals surface area (Å²) < 4.78 is 1.90. The highest BCUT2D eigenvalue weighted by atomic mass is 32.2. The molecule has 4 nitrogen and oxygen atoms in total. The van der Waals surface area contributed by atoms with Crippen LogP contribution in [0.25, 0.3) is 16.9 Å². The third kappa shape index (κ3) is 2.96. The molecule has 1 aliphatic rings. The maximum atomic E-state index is 12.0. The van der Waals surface area contributed by atoms with Crippen LogP contribution in [-0.4, -0.2) is 33.4 Å². The number of carbonyl (C=O) groups is 1. The van der Waals surface area contributed by atoms with Gasteiger partial charge in [0.25, 0.3) is 0 Å². The van der Waals surface area contributed by atoms with Crippen molar-refractivity contribution in [2.45, 2.75) is 12.3 Å². The molecule has 1 fully saturated rings. The standard InChI is InChI=1S/C20H19N3OS/c1-14-8-10-15(11-9-14)19-17(20-22(2)18(24)13-25-20)12-23(21-19)16-6-4-3-5-7-16/h3-12,20H,13H2,1-2H3. The summed E-state index contributed by atoms with van der Waals surface area (Å²) in [4.78, 5) is 13.8. The molecular formula is C20H19N3OS. The molecule has 1 aliphatic heterocycles. The molecule has 1 amide bonds. The molecule has 1 unspecified atom stereocenters. The zero-order valence-corrected chi connectivity index (χ0v) is 15.0. The van der Waals surface area contributed by atoms with Crippen LogP contribution in [0.5, 0.6) is 0 Å². The smallest absolute Gasteiger partial charge is 0.233 e. The zero-order valence-electron chi connectivity index (χ0n) is 14.2. The van der Waals surface area contributed by atoms with Gasteiger partial charge in [-0.1, -0.05) is 48.0 Å². The van der Waals surface area contributed by atoms with Crippen LogP contribution in [-0.2, 0) is 4.79 Å². The van der Waals surface area contributed by atoms with Gasteiger partial charge in [0.2, 0.25) is 5.91 Å². The Labute approximate surface area is 151 Å². The van der Waals surface area contributed by atoms with Crippen LogP contribution in [0.15, 0.2) is 60.8 Å². The Hall–Kier alpha value is -2.53. The minimum atomic E-state index is 0.00117. The Bertz CT molecular complexity index is 902. The number of aryl methyl sites for hydroxylation is 1. The largest absolute Gasteiger partial charge is 0.329 e. The quantitative estimate of drug-likeness (QED) is 0.716. The molecule has 0 aliphatic carbocycles. The van der Waals surface area contributed by atoms with E-state index in [1.165, 1.54) is 5.56 Å². The van der Waals surface area contributed by atoms with E-state index in [-0.39, 0.29) is 11.3 Å². The third-order valence-electron chi connectivity index (χ3n) is 4.46. The number of hydrogen-bond donors (Lipinski definition) is 0. The van der Waals surface area contributed by atoms with Gasteiger partial charge < -0.3 is 4.90 Å². The van der Waals surface area contributed by atoms with E-state index in [0.717, 1.165) is 22.5 Å². The first-order valence-corrected chi connectivity index (χ1v) is 9.27. The fourth-order valence-electron chi connectivity index (χ4n) is 3.01. The van der Waals surface area contributed by atoms with Crippen molar-refractivity contribution in [1.29, 1.82) is 0 Å². The Morgan fingerprint density at radius 2 is 1.80 bits per heavy atom. The number of amides is 1. The number of nitrogens with zero attached hydrogens (tertiary/aromatic N) is 3. The van der Waals surface area contributed by atoms with Gasteiger partial charge in [-0.15, -0.1) is 11.8 Å². The molecule has 0 N–H and O–H groups in total. The SMILES string of the molecule is Cc1ccc(-c2nn(-c3ccccc3)cc2C2SCC(=O)N2C)cc1. The number of para-hydroxylation sites is 1. The Kier molecular flexibility index (Phi) is 4.09. The lowest BCUT2D eigenvalue weighted by Crippen LogP contribution is -2.23. The minimum absolute atomic E-state index is 0.00117. The molecule has 1 saturated heterocycles. The molecule has 126 valence electrons. The molecule has 2 aromatic carbocycles. The first-order chi connectivity index (χ1) is 12.1. The second-order valence-electron chi connectivity index (χ2n) is 6.25. The summed E-state index contributed by atoms with van der Waals surface area (Å²) in [6.07, 6.45) is 2.05. The summed E-state index contributed by atoms with van der Waals surface area (Å²) >= 11 is 1.66. The van der Waals surface area contributed by atoms with Crippen molar-refractivity contribution in [2.24, 2.45) is 0 Å². The van der Waals surface area contributed by atoms with Gasteiger partial charge in [0.05, 0.1) is 17.1 Å². The van der Waals surface area contributed by atoms with Gasteiger partial charge in [-0.2, -0.15) is 5.10 Å². The van der Waals surface area contributed by atoms with E-state index in [2.05, 4.69) is 37.4 Å². The first-order valence-electron chi connectivity index (χ1n) is 8.23. The number of benzene rings is 2. The van der Waals surface area contributed by atoms with Crippen LogP contribution in [0.4, 0.5) is 0 Å². The van der Waals surface area contributed by atoms with Crippen molar-refractivity contribution >= 4 is 17.7 Å². The lowest BCUT2D eigenvalue weighted by molar-refractivity contribution is -0.126. The Morgan fingerprint density at radius 1 is 1.08 bits per heavy atom. The van der Waals surface area contributed by atoms with Crippen molar-refractivity contribution in [2.75, 3.05) is 12.8 Å². The highest BCUT2D eigenvalue weighted by molar-refractivity contribution is 8.00. The normalized spacial score (nSPS) is 17.3.